The Morgan fingerprint density at radius 1 is 1.37 bits per heavy atom. The summed E-state index contributed by atoms with van der Waals surface area (Å²) in [5, 5.41) is 0. The molecule has 0 aromatic carbocycles. The maximum absolute atomic E-state index is 6.00. The van der Waals surface area contributed by atoms with Crippen LogP contribution in [0.5, 0.6) is 0 Å². The van der Waals surface area contributed by atoms with Crippen LogP contribution in [0.4, 0.5) is 5.95 Å². The molecule has 2 aromatic rings. The zero-order chi connectivity index (χ0) is 13.2. The molecule has 5 heteroatoms. The monoisotopic (exact) mass is 258 g/mol. The van der Waals surface area contributed by atoms with Crippen LogP contribution in [-0.4, -0.2) is 29.1 Å². The summed E-state index contributed by atoms with van der Waals surface area (Å²) in [7, 11) is 0. The van der Waals surface area contributed by atoms with Gasteiger partial charge in [-0.3, -0.25) is 0 Å². The summed E-state index contributed by atoms with van der Waals surface area (Å²) in [6, 6.07) is 5.95. The van der Waals surface area contributed by atoms with Crippen molar-refractivity contribution in [1.29, 1.82) is 0 Å². The minimum atomic E-state index is 0.215. The number of hydrogen-bond acceptors (Lipinski definition) is 5. The molecule has 0 spiro atoms. The van der Waals surface area contributed by atoms with Crippen LogP contribution in [0.1, 0.15) is 18.6 Å². The van der Waals surface area contributed by atoms with Crippen LogP contribution >= 0.6 is 0 Å². The Morgan fingerprint density at radius 3 is 3.00 bits per heavy atom. The fourth-order valence-corrected chi connectivity index (χ4v) is 2.40. The average Bonchev–Trinajstić information content (AvgIpc) is 2.86. The molecule has 100 valence electrons. The molecule has 0 bridgehead atoms. The van der Waals surface area contributed by atoms with E-state index in [2.05, 4.69) is 14.9 Å². The van der Waals surface area contributed by atoms with Gasteiger partial charge in [0.15, 0.2) is 5.76 Å². The van der Waals surface area contributed by atoms with E-state index in [4.69, 9.17) is 10.2 Å². The van der Waals surface area contributed by atoms with Gasteiger partial charge in [-0.15, -0.1) is 0 Å². The van der Waals surface area contributed by atoms with Crippen LogP contribution in [0.2, 0.25) is 0 Å². The Balaban J connectivity index is 1.87. The van der Waals surface area contributed by atoms with E-state index < -0.39 is 0 Å². The minimum absolute atomic E-state index is 0.215. The molecule has 0 saturated carbocycles. The Hall–Kier alpha value is -1.88. The van der Waals surface area contributed by atoms with Gasteiger partial charge < -0.3 is 15.1 Å². The lowest BCUT2D eigenvalue weighted by Gasteiger charge is -2.30. The maximum atomic E-state index is 6.00. The number of piperidine rings is 1. The fraction of sp³-hybridized carbons (Fsp3) is 0.429. The molecular weight excluding hydrogens is 240 g/mol. The van der Waals surface area contributed by atoms with E-state index >= 15 is 0 Å². The number of rotatable bonds is 2. The molecule has 0 aliphatic carbocycles. The van der Waals surface area contributed by atoms with E-state index in [1.54, 1.807) is 6.20 Å². The quantitative estimate of drug-likeness (QED) is 0.892. The van der Waals surface area contributed by atoms with Gasteiger partial charge in [-0.1, -0.05) is 0 Å². The standard InChI is InChI=1S/C14H18N4O/c1-10-4-5-13(19-10)12-6-7-16-14(17-12)18-8-2-3-11(15)9-18/h4-7,11H,2-3,8-9,15H2,1H3. The van der Waals surface area contributed by atoms with Gasteiger partial charge in [-0.2, -0.15) is 0 Å². The molecule has 2 aromatic heterocycles. The van der Waals surface area contributed by atoms with Crippen LogP contribution < -0.4 is 10.6 Å². The van der Waals surface area contributed by atoms with Gasteiger partial charge in [-0.25, -0.2) is 9.97 Å². The first-order valence-corrected chi connectivity index (χ1v) is 6.63. The SMILES string of the molecule is Cc1ccc(-c2ccnc(N3CCCC(N)C3)n2)o1. The lowest BCUT2D eigenvalue weighted by molar-refractivity contribution is 0.499. The number of aryl methyl sites for hydroxylation is 1. The Labute approximate surface area is 112 Å². The lowest BCUT2D eigenvalue weighted by Crippen LogP contribution is -2.43. The molecule has 0 amide bonds. The molecule has 1 aliphatic rings. The lowest BCUT2D eigenvalue weighted by atomic mass is 10.1. The highest BCUT2D eigenvalue weighted by Gasteiger charge is 2.19. The highest BCUT2D eigenvalue weighted by atomic mass is 16.3. The highest BCUT2D eigenvalue weighted by molar-refractivity contribution is 5.54. The van der Waals surface area contributed by atoms with Gasteiger partial charge in [0.2, 0.25) is 5.95 Å². The van der Waals surface area contributed by atoms with Crippen molar-refractivity contribution >= 4 is 5.95 Å². The molecule has 3 heterocycles. The van der Waals surface area contributed by atoms with Crippen LogP contribution in [0, 0.1) is 6.92 Å². The second-order valence-electron chi connectivity index (χ2n) is 5.00. The second kappa shape index (κ2) is 5.01. The molecule has 1 unspecified atom stereocenters. The average molecular weight is 258 g/mol. The van der Waals surface area contributed by atoms with E-state index in [1.165, 1.54) is 0 Å². The van der Waals surface area contributed by atoms with Crippen molar-refractivity contribution < 1.29 is 4.42 Å². The van der Waals surface area contributed by atoms with Gasteiger partial charge in [0, 0.05) is 25.3 Å². The third-order valence-corrected chi connectivity index (χ3v) is 3.38. The Bertz CT molecular complexity index is 566. The smallest absolute Gasteiger partial charge is 0.226 e. The summed E-state index contributed by atoms with van der Waals surface area (Å²) in [5.74, 6) is 2.40. The van der Waals surface area contributed by atoms with Crippen LogP contribution in [0.3, 0.4) is 0 Å². The number of nitrogens with zero attached hydrogens (tertiary/aromatic N) is 3. The normalized spacial score (nSPS) is 19.7. The largest absolute Gasteiger partial charge is 0.460 e. The number of furan rings is 1. The minimum Gasteiger partial charge on any atom is -0.460 e. The molecular formula is C14H18N4O. The summed E-state index contributed by atoms with van der Waals surface area (Å²) < 4.78 is 5.60. The van der Waals surface area contributed by atoms with Crippen LogP contribution in [0.25, 0.3) is 11.5 Å². The molecule has 5 nitrogen and oxygen atoms in total. The second-order valence-corrected chi connectivity index (χ2v) is 5.00. The summed E-state index contributed by atoms with van der Waals surface area (Å²) >= 11 is 0. The van der Waals surface area contributed by atoms with Gasteiger partial charge >= 0.3 is 0 Å². The topological polar surface area (TPSA) is 68.2 Å². The molecule has 19 heavy (non-hydrogen) atoms. The number of anilines is 1. The van der Waals surface area contributed by atoms with Crippen molar-refractivity contribution in [3.63, 3.8) is 0 Å². The van der Waals surface area contributed by atoms with Gasteiger partial charge in [0.25, 0.3) is 0 Å². The summed E-state index contributed by atoms with van der Waals surface area (Å²) in [6.45, 7) is 3.71. The van der Waals surface area contributed by atoms with E-state index in [1.807, 2.05) is 25.1 Å². The van der Waals surface area contributed by atoms with E-state index in [0.717, 1.165) is 49.1 Å². The van der Waals surface area contributed by atoms with Crippen molar-refractivity contribution in [2.24, 2.45) is 5.73 Å². The first kappa shape index (κ1) is 12.2. The molecule has 1 fully saturated rings. The van der Waals surface area contributed by atoms with E-state index in [9.17, 15) is 0 Å². The predicted octanol–water partition coefficient (Wildman–Crippen LogP) is 1.97. The van der Waals surface area contributed by atoms with Crippen molar-refractivity contribution in [2.45, 2.75) is 25.8 Å². The molecule has 0 radical (unpaired) electrons. The van der Waals surface area contributed by atoms with Gasteiger partial charge in [0.1, 0.15) is 11.5 Å². The third kappa shape index (κ3) is 2.61. The van der Waals surface area contributed by atoms with Crippen LogP contribution in [0.15, 0.2) is 28.8 Å². The fourth-order valence-electron chi connectivity index (χ4n) is 2.40. The molecule has 2 N–H and O–H groups in total. The molecule has 1 aliphatic heterocycles. The van der Waals surface area contributed by atoms with Gasteiger partial charge in [0.05, 0.1) is 0 Å². The zero-order valence-electron chi connectivity index (χ0n) is 11.0. The van der Waals surface area contributed by atoms with Crippen LogP contribution in [-0.2, 0) is 0 Å². The van der Waals surface area contributed by atoms with Crippen molar-refractivity contribution in [2.75, 3.05) is 18.0 Å². The number of nitrogens with two attached hydrogens (primary N) is 1. The highest BCUT2D eigenvalue weighted by Crippen LogP contribution is 2.22. The zero-order valence-corrected chi connectivity index (χ0v) is 11.0. The molecule has 1 saturated heterocycles. The summed E-state index contributed by atoms with van der Waals surface area (Å²) in [6.07, 6.45) is 3.94. The van der Waals surface area contributed by atoms with E-state index in [0.29, 0.717) is 0 Å². The Kier molecular flexibility index (Phi) is 3.21. The maximum Gasteiger partial charge on any atom is 0.226 e. The molecule has 1 atom stereocenters. The summed E-state index contributed by atoms with van der Waals surface area (Å²) in [5.41, 5.74) is 6.82. The first-order valence-electron chi connectivity index (χ1n) is 6.63. The summed E-state index contributed by atoms with van der Waals surface area (Å²) in [4.78, 5) is 11.1. The number of aromatic nitrogens is 2. The first-order chi connectivity index (χ1) is 9.22. The van der Waals surface area contributed by atoms with Crippen molar-refractivity contribution in [3.8, 4) is 11.5 Å². The van der Waals surface area contributed by atoms with Crippen molar-refractivity contribution in [3.05, 3.63) is 30.2 Å². The van der Waals surface area contributed by atoms with Gasteiger partial charge in [-0.05, 0) is 38.0 Å². The Morgan fingerprint density at radius 2 is 2.26 bits per heavy atom. The third-order valence-electron chi connectivity index (χ3n) is 3.38. The molecule has 3 rings (SSSR count). The van der Waals surface area contributed by atoms with E-state index in [-0.39, 0.29) is 6.04 Å². The predicted molar refractivity (Wildman–Crippen MR) is 73.9 cm³/mol. The van der Waals surface area contributed by atoms with Crippen molar-refractivity contribution in [1.82, 2.24) is 9.97 Å². The number of hydrogen-bond donors (Lipinski definition) is 1.